The minimum Gasteiger partial charge on any atom is -0.465 e. The number of nitrogens with zero attached hydrogens (tertiary/aromatic N) is 3. The number of fused-ring (bicyclic) bond motifs is 1. The zero-order valence-corrected chi connectivity index (χ0v) is 14.5. The maximum absolute atomic E-state index is 13.9. The maximum Gasteiger partial charge on any atom is 0.445 e. The molecule has 0 aromatic heterocycles. The summed E-state index contributed by atoms with van der Waals surface area (Å²) in [5.74, 6) is -1.76. The summed E-state index contributed by atoms with van der Waals surface area (Å²) >= 11 is 5.97. The molecular weight excluding hydrogens is 371 g/mol. The number of ether oxygens (including phenoxy) is 1. The summed E-state index contributed by atoms with van der Waals surface area (Å²) < 4.78 is 46.1. The smallest absolute Gasteiger partial charge is 0.445 e. The average molecular weight is 384 g/mol. The van der Waals surface area contributed by atoms with Gasteiger partial charge in [-0.25, -0.2) is 14.8 Å². The molecule has 3 rings (SSSR count). The van der Waals surface area contributed by atoms with Gasteiger partial charge in [-0.05, 0) is 30.7 Å². The quantitative estimate of drug-likeness (QED) is 0.732. The lowest BCUT2D eigenvalue weighted by atomic mass is 10.0. The number of aliphatic imine (C=N–C) groups is 2. The second kappa shape index (κ2) is 6.28. The van der Waals surface area contributed by atoms with Crippen LogP contribution in [-0.4, -0.2) is 41.5 Å². The van der Waals surface area contributed by atoms with Crippen LogP contribution in [0.15, 0.2) is 58.2 Å². The maximum atomic E-state index is 13.9. The summed E-state index contributed by atoms with van der Waals surface area (Å²) in [7, 11) is 0.862. The lowest BCUT2D eigenvalue weighted by Crippen LogP contribution is -2.56. The number of amidine groups is 2. The van der Waals surface area contributed by atoms with E-state index in [4.69, 9.17) is 11.6 Å². The number of methoxy groups -OCH3 is 1. The number of carbonyl (C=O) groups excluding carboxylic acids is 1. The number of hydrogen-bond donors (Lipinski definition) is 0. The number of carbonyl (C=O) groups is 1. The third-order valence-electron chi connectivity index (χ3n) is 3.87. The van der Waals surface area contributed by atoms with Crippen LogP contribution in [0.2, 0.25) is 5.02 Å². The summed E-state index contributed by atoms with van der Waals surface area (Å²) in [6, 6.07) is 6.17. The number of benzene rings is 1. The van der Waals surface area contributed by atoms with E-state index in [0.717, 1.165) is 7.11 Å². The van der Waals surface area contributed by atoms with Gasteiger partial charge < -0.3 is 4.74 Å². The van der Waals surface area contributed by atoms with Crippen molar-refractivity contribution < 1.29 is 22.7 Å². The Morgan fingerprint density at radius 2 is 1.96 bits per heavy atom. The van der Waals surface area contributed by atoms with Gasteiger partial charge in [-0.1, -0.05) is 29.8 Å². The Balaban J connectivity index is 2.31. The van der Waals surface area contributed by atoms with Crippen LogP contribution in [0.1, 0.15) is 12.5 Å². The van der Waals surface area contributed by atoms with Gasteiger partial charge in [0.2, 0.25) is 0 Å². The third kappa shape index (κ3) is 2.80. The number of halogens is 4. The van der Waals surface area contributed by atoms with Crippen LogP contribution < -0.4 is 0 Å². The molecule has 1 atom stereocenters. The molecule has 0 saturated carbocycles. The summed E-state index contributed by atoms with van der Waals surface area (Å²) in [6.07, 6.45) is -0.338. The fourth-order valence-corrected chi connectivity index (χ4v) is 2.80. The molecule has 0 N–H and O–H groups in total. The summed E-state index contributed by atoms with van der Waals surface area (Å²) in [5, 5.41) is 0.318. The van der Waals surface area contributed by atoms with Gasteiger partial charge in [0.25, 0.3) is 0 Å². The predicted octanol–water partition coefficient (Wildman–Crippen LogP) is 3.71. The first kappa shape index (κ1) is 18.2. The van der Waals surface area contributed by atoms with Gasteiger partial charge in [-0.15, -0.1) is 0 Å². The monoisotopic (exact) mass is 383 g/mol. The number of alkyl halides is 3. The molecule has 2 aliphatic rings. The molecule has 0 amide bonds. The Hall–Kier alpha value is -2.61. The van der Waals surface area contributed by atoms with Gasteiger partial charge in [-0.3, -0.25) is 4.90 Å². The van der Waals surface area contributed by atoms with Crippen LogP contribution in [-0.2, 0) is 9.53 Å². The SMILES string of the molecule is COC(=O)[C@@]1(C(F)(F)F)N=C2C(C)=CC=CN2C(c2cccc(Cl)c2)=N1. The van der Waals surface area contributed by atoms with E-state index in [9.17, 15) is 18.0 Å². The topological polar surface area (TPSA) is 54.3 Å². The van der Waals surface area contributed by atoms with E-state index in [2.05, 4.69) is 14.7 Å². The molecule has 0 fully saturated rings. The molecule has 136 valence electrons. The predicted molar refractivity (Wildman–Crippen MR) is 91.0 cm³/mol. The molecule has 0 radical (unpaired) electrons. The summed E-state index contributed by atoms with van der Waals surface area (Å²) in [5.41, 5.74) is -2.63. The molecule has 2 heterocycles. The lowest BCUT2D eigenvalue weighted by Gasteiger charge is -2.37. The largest absolute Gasteiger partial charge is 0.465 e. The average Bonchev–Trinajstić information content (AvgIpc) is 2.59. The van der Waals surface area contributed by atoms with Crippen molar-refractivity contribution in [2.45, 2.75) is 18.8 Å². The van der Waals surface area contributed by atoms with E-state index in [0.29, 0.717) is 16.2 Å². The standard InChI is InChI=1S/C17H13ClF3N3O2/c1-10-5-4-8-24-13(10)22-16(15(25)26-2,17(19,20)21)23-14(24)11-6-3-7-12(18)9-11/h3-9H,1-2H3/t16-/m1/s1. The Morgan fingerprint density at radius 1 is 1.27 bits per heavy atom. The van der Waals surface area contributed by atoms with Crippen molar-refractivity contribution in [3.8, 4) is 0 Å². The van der Waals surface area contributed by atoms with Crippen molar-refractivity contribution in [1.82, 2.24) is 4.90 Å². The van der Waals surface area contributed by atoms with Gasteiger partial charge in [0, 0.05) is 16.8 Å². The number of esters is 1. The Labute approximate surface area is 152 Å². The van der Waals surface area contributed by atoms with Crippen LogP contribution >= 0.6 is 11.6 Å². The zero-order valence-electron chi connectivity index (χ0n) is 13.7. The number of rotatable bonds is 2. The molecule has 0 unspecified atom stereocenters. The fraction of sp³-hybridized carbons (Fsp3) is 0.235. The highest BCUT2D eigenvalue weighted by Gasteiger charge is 2.65. The first-order valence-corrected chi connectivity index (χ1v) is 7.83. The first-order valence-electron chi connectivity index (χ1n) is 7.45. The highest BCUT2D eigenvalue weighted by molar-refractivity contribution is 6.31. The molecule has 0 saturated heterocycles. The molecule has 9 heteroatoms. The molecule has 0 bridgehead atoms. The summed E-state index contributed by atoms with van der Waals surface area (Å²) in [6.45, 7) is 1.59. The highest BCUT2D eigenvalue weighted by atomic mass is 35.5. The van der Waals surface area contributed by atoms with E-state index >= 15 is 0 Å². The fourth-order valence-electron chi connectivity index (χ4n) is 2.61. The Bertz CT molecular complexity index is 889. The van der Waals surface area contributed by atoms with E-state index in [1.165, 1.54) is 17.2 Å². The Kier molecular flexibility index (Phi) is 4.39. The number of allylic oxidation sites excluding steroid dienone is 2. The molecule has 2 aliphatic heterocycles. The van der Waals surface area contributed by atoms with Crippen LogP contribution in [0.25, 0.3) is 0 Å². The third-order valence-corrected chi connectivity index (χ3v) is 4.11. The molecule has 1 aromatic carbocycles. The first-order chi connectivity index (χ1) is 12.2. The molecule has 5 nitrogen and oxygen atoms in total. The normalized spacial score (nSPS) is 22.2. The number of hydrogen-bond acceptors (Lipinski definition) is 5. The summed E-state index contributed by atoms with van der Waals surface area (Å²) in [4.78, 5) is 20.9. The molecule has 0 aliphatic carbocycles. The highest BCUT2D eigenvalue weighted by Crippen LogP contribution is 2.40. The minimum absolute atomic E-state index is 0.0415. The van der Waals surface area contributed by atoms with Crippen LogP contribution in [0.3, 0.4) is 0 Å². The van der Waals surface area contributed by atoms with E-state index < -0.39 is 17.8 Å². The van der Waals surface area contributed by atoms with Gasteiger partial charge in [0.05, 0.1) is 7.11 Å². The molecular formula is C17H13ClF3N3O2. The van der Waals surface area contributed by atoms with Crippen molar-refractivity contribution >= 4 is 29.2 Å². The van der Waals surface area contributed by atoms with Crippen LogP contribution in [0.4, 0.5) is 13.2 Å². The van der Waals surface area contributed by atoms with Crippen molar-refractivity contribution in [3.63, 3.8) is 0 Å². The second-order valence-corrected chi connectivity index (χ2v) is 6.04. The molecule has 0 spiro atoms. The Morgan fingerprint density at radius 3 is 2.58 bits per heavy atom. The van der Waals surface area contributed by atoms with E-state index in [1.54, 1.807) is 37.3 Å². The minimum atomic E-state index is -5.09. The second-order valence-electron chi connectivity index (χ2n) is 5.60. The lowest BCUT2D eigenvalue weighted by molar-refractivity contribution is -0.202. The van der Waals surface area contributed by atoms with Gasteiger partial charge in [-0.2, -0.15) is 13.2 Å². The van der Waals surface area contributed by atoms with Crippen molar-refractivity contribution in [1.29, 1.82) is 0 Å². The zero-order chi connectivity index (χ0) is 19.1. The van der Waals surface area contributed by atoms with Gasteiger partial charge in [0.15, 0.2) is 0 Å². The van der Waals surface area contributed by atoms with Crippen molar-refractivity contribution in [2.75, 3.05) is 7.11 Å². The van der Waals surface area contributed by atoms with Gasteiger partial charge in [0.1, 0.15) is 11.7 Å². The van der Waals surface area contributed by atoms with Gasteiger partial charge >= 0.3 is 17.8 Å². The van der Waals surface area contributed by atoms with Crippen LogP contribution in [0, 0.1) is 0 Å². The van der Waals surface area contributed by atoms with Crippen molar-refractivity contribution in [3.05, 3.63) is 58.8 Å². The molecule has 26 heavy (non-hydrogen) atoms. The van der Waals surface area contributed by atoms with E-state index in [1.807, 2.05) is 0 Å². The van der Waals surface area contributed by atoms with Crippen molar-refractivity contribution in [2.24, 2.45) is 9.98 Å². The molecule has 1 aromatic rings. The van der Waals surface area contributed by atoms with E-state index in [-0.39, 0.29) is 11.7 Å². The van der Waals surface area contributed by atoms with Crippen LogP contribution in [0.5, 0.6) is 0 Å².